The number of carbonyl (C=O) groups excluding carboxylic acids is 4. The fraction of sp³-hybridized carbons (Fsp3) is 0.303. The number of ether oxygens (including phenoxy) is 1. The molecular formula is C33H25ClF3N3O6. The van der Waals surface area contributed by atoms with Gasteiger partial charge < -0.3 is 9.84 Å². The van der Waals surface area contributed by atoms with E-state index in [-0.39, 0.29) is 52.7 Å². The van der Waals surface area contributed by atoms with Gasteiger partial charge in [-0.25, -0.2) is 4.98 Å². The number of hydrazine groups is 1. The van der Waals surface area contributed by atoms with Gasteiger partial charge in [-0.3, -0.25) is 24.2 Å². The number of carbonyl (C=O) groups is 4. The van der Waals surface area contributed by atoms with Crippen LogP contribution in [0.25, 0.3) is 0 Å². The molecule has 2 amide bonds. The summed E-state index contributed by atoms with van der Waals surface area (Å²) in [5.41, 5.74) is 1.56. The largest absolute Gasteiger partial charge is 0.508 e. The molecule has 3 heterocycles. The van der Waals surface area contributed by atoms with Crippen LogP contribution < -0.4 is 9.75 Å². The number of Topliss-reactive ketones (excluding diaryl/α,β-unsaturated/α-hetero) is 1. The number of nitrogens with zero attached hydrogens (tertiary/aromatic N) is 3. The van der Waals surface area contributed by atoms with Gasteiger partial charge in [-0.2, -0.15) is 18.2 Å². The van der Waals surface area contributed by atoms with Crippen LogP contribution in [0, 0.1) is 23.7 Å². The minimum atomic E-state index is -4.79. The first-order chi connectivity index (χ1) is 21.8. The second-order valence-corrected chi connectivity index (χ2v) is 12.4. The number of imide groups is 1. The molecule has 7 rings (SSSR count). The Morgan fingerprint density at radius 1 is 1.09 bits per heavy atom. The number of benzene rings is 1. The average molecular weight is 652 g/mol. The van der Waals surface area contributed by atoms with Crippen molar-refractivity contribution < 1.29 is 42.2 Å². The molecule has 4 atom stereocenters. The number of rotatable bonds is 3. The SMILES string of the molecule is CC1=CC(=O)C2=C(C[C@@H]3C(=CC[C@@H]4C(=O)N(N(C)c5nc(C(F)(F)F)ccc5Cl)C(=O)[C@@H]43)[C@@H]2C2=COc3ccc(O)cc3C2)C1=O. The zero-order valence-corrected chi connectivity index (χ0v) is 25.1. The first-order valence-electron chi connectivity index (χ1n) is 14.5. The Morgan fingerprint density at radius 2 is 1.85 bits per heavy atom. The van der Waals surface area contributed by atoms with Gasteiger partial charge >= 0.3 is 6.18 Å². The van der Waals surface area contributed by atoms with Gasteiger partial charge in [0.2, 0.25) is 0 Å². The number of aromatic nitrogens is 1. The number of halogens is 4. The van der Waals surface area contributed by atoms with Crippen molar-refractivity contribution in [2.24, 2.45) is 23.7 Å². The van der Waals surface area contributed by atoms with Crippen molar-refractivity contribution in [3.63, 3.8) is 0 Å². The Labute approximate surface area is 265 Å². The highest BCUT2D eigenvalue weighted by Gasteiger charge is 2.58. The molecule has 1 aromatic heterocycles. The summed E-state index contributed by atoms with van der Waals surface area (Å²) in [6.45, 7) is 1.54. The normalized spacial score (nSPS) is 25.6. The highest BCUT2D eigenvalue weighted by Crippen LogP contribution is 2.55. The molecule has 5 aliphatic rings. The number of ketones is 2. The number of fused-ring (bicyclic) bond motifs is 4. The van der Waals surface area contributed by atoms with Crippen LogP contribution in [0.15, 0.2) is 76.6 Å². The van der Waals surface area contributed by atoms with Crippen molar-refractivity contribution in [3.05, 3.63) is 92.9 Å². The molecule has 0 spiro atoms. The number of phenols is 1. The minimum Gasteiger partial charge on any atom is -0.508 e. The van der Waals surface area contributed by atoms with Crippen LogP contribution in [0.3, 0.4) is 0 Å². The third kappa shape index (κ3) is 4.49. The number of aromatic hydroxyl groups is 1. The third-order valence-electron chi connectivity index (χ3n) is 9.41. The van der Waals surface area contributed by atoms with Crippen molar-refractivity contribution >= 4 is 40.8 Å². The van der Waals surface area contributed by atoms with Gasteiger partial charge in [-0.15, -0.1) is 0 Å². The summed E-state index contributed by atoms with van der Waals surface area (Å²) < 4.78 is 46.3. The zero-order valence-electron chi connectivity index (χ0n) is 24.4. The molecule has 13 heteroatoms. The fourth-order valence-corrected chi connectivity index (χ4v) is 7.61. The number of amides is 2. The monoisotopic (exact) mass is 651 g/mol. The van der Waals surface area contributed by atoms with Crippen molar-refractivity contribution in [1.82, 2.24) is 9.99 Å². The van der Waals surface area contributed by atoms with E-state index in [0.29, 0.717) is 34.1 Å². The summed E-state index contributed by atoms with van der Waals surface area (Å²) in [5.74, 6) is -5.07. The molecule has 1 N–H and O–H groups in total. The van der Waals surface area contributed by atoms with E-state index < -0.39 is 53.2 Å². The maximum Gasteiger partial charge on any atom is 0.433 e. The van der Waals surface area contributed by atoms with Gasteiger partial charge in [0, 0.05) is 41.7 Å². The third-order valence-corrected chi connectivity index (χ3v) is 9.71. The standard InChI is InChI=1S/C33H25ClF3N3O6/c1-14-9-23(42)28-21(29(14)43)12-20-18(26(28)16-10-15-11-17(41)3-7-24(15)46-13-16)4-5-19-27(20)32(45)40(31(19)44)39(2)30-22(34)6-8-25(38-30)33(35,36)37/h3-4,6-9,11,13,19-20,26-27,41H,5,10,12H2,1-2H3/t19-,20+,26-,27-/m0/s1. The maximum absolute atomic E-state index is 14.2. The van der Waals surface area contributed by atoms with Crippen LogP contribution in [0.4, 0.5) is 19.0 Å². The van der Waals surface area contributed by atoms with Crippen molar-refractivity contribution in [1.29, 1.82) is 0 Å². The lowest BCUT2D eigenvalue weighted by molar-refractivity contribution is -0.141. The number of alkyl halides is 3. The molecular weight excluding hydrogens is 627 g/mol. The summed E-state index contributed by atoms with van der Waals surface area (Å²) in [6.07, 6.45) is 0.298. The minimum absolute atomic E-state index is 0.0270. The van der Waals surface area contributed by atoms with E-state index in [1.54, 1.807) is 19.1 Å². The molecule has 236 valence electrons. The number of allylic oxidation sites excluding steroid dienone is 7. The zero-order chi connectivity index (χ0) is 32.8. The molecule has 1 aromatic carbocycles. The first kappa shape index (κ1) is 30.0. The van der Waals surface area contributed by atoms with E-state index in [1.165, 1.54) is 25.5 Å². The summed E-state index contributed by atoms with van der Waals surface area (Å²) in [7, 11) is 1.24. The molecule has 1 fully saturated rings. The van der Waals surface area contributed by atoms with E-state index in [4.69, 9.17) is 16.3 Å². The van der Waals surface area contributed by atoms with E-state index in [2.05, 4.69) is 4.98 Å². The van der Waals surface area contributed by atoms with Crippen LogP contribution in [0.2, 0.25) is 5.02 Å². The summed E-state index contributed by atoms with van der Waals surface area (Å²) >= 11 is 6.20. The molecule has 2 aromatic rings. The lowest BCUT2D eigenvalue weighted by Gasteiger charge is -2.43. The van der Waals surface area contributed by atoms with Gasteiger partial charge in [0.1, 0.15) is 17.2 Å². The second-order valence-electron chi connectivity index (χ2n) is 12.0. The summed E-state index contributed by atoms with van der Waals surface area (Å²) in [6, 6.07) is 6.38. The Kier molecular flexibility index (Phi) is 6.78. The number of phenolic OH excluding ortho intramolecular Hbond substituents is 1. The Balaban J connectivity index is 1.29. The molecule has 0 unspecified atom stereocenters. The Hall–Kier alpha value is -4.71. The van der Waals surface area contributed by atoms with Crippen LogP contribution in [-0.2, 0) is 31.8 Å². The first-order valence-corrected chi connectivity index (χ1v) is 14.9. The van der Waals surface area contributed by atoms with Gasteiger partial charge in [-0.05, 0) is 67.7 Å². The van der Waals surface area contributed by atoms with Gasteiger partial charge in [0.25, 0.3) is 11.8 Å². The highest BCUT2D eigenvalue weighted by atomic mass is 35.5. The summed E-state index contributed by atoms with van der Waals surface area (Å²) in [4.78, 5) is 58.6. The number of hydrogen-bond acceptors (Lipinski definition) is 8. The lowest BCUT2D eigenvalue weighted by atomic mass is 9.58. The number of pyridine rings is 1. The van der Waals surface area contributed by atoms with Gasteiger partial charge in [0.05, 0.1) is 23.1 Å². The predicted molar refractivity (Wildman–Crippen MR) is 157 cm³/mol. The van der Waals surface area contributed by atoms with Crippen molar-refractivity contribution in [3.8, 4) is 11.5 Å². The second kappa shape index (κ2) is 10.4. The topological polar surface area (TPSA) is 117 Å². The van der Waals surface area contributed by atoms with Gasteiger partial charge in [0.15, 0.2) is 17.4 Å². The molecule has 3 aliphatic carbocycles. The molecule has 9 nitrogen and oxygen atoms in total. The van der Waals surface area contributed by atoms with E-state index >= 15 is 0 Å². The van der Waals surface area contributed by atoms with E-state index in [9.17, 15) is 37.5 Å². The lowest BCUT2D eigenvalue weighted by Crippen LogP contribution is -2.46. The molecule has 46 heavy (non-hydrogen) atoms. The Morgan fingerprint density at radius 3 is 2.59 bits per heavy atom. The average Bonchev–Trinajstić information content (AvgIpc) is 3.27. The molecule has 0 bridgehead atoms. The van der Waals surface area contributed by atoms with Crippen LogP contribution in [0.1, 0.15) is 31.0 Å². The smallest absolute Gasteiger partial charge is 0.433 e. The van der Waals surface area contributed by atoms with E-state index in [0.717, 1.165) is 16.1 Å². The van der Waals surface area contributed by atoms with E-state index in [1.807, 2.05) is 6.08 Å². The number of hydrogen-bond donors (Lipinski definition) is 1. The van der Waals surface area contributed by atoms with Crippen molar-refractivity contribution in [2.45, 2.75) is 32.4 Å². The molecule has 1 saturated heterocycles. The molecule has 2 aliphatic heterocycles. The fourth-order valence-electron chi connectivity index (χ4n) is 7.38. The van der Waals surface area contributed by atoms with Crippen molar-refractivity contribution in [2.75, 3.05) is 12.1 Å². The van der Waals surface area contributed by atoms with Crippen LogP contribution in [0.5, 0.6) is 11.5 Å². The summed E-state index contributed by atoms with van der Waals surface area (Å²) in [5, 5.41) is 11.6. The van der Waals surface area contributed by atoms with Gasteiger partial charge in [-0.1, -0.05) is 23.3 Å². The van der Waals surface area contributed by atoms with Crippen LogP contribution >= 0.6 is 11.6 Å². The molecule has 0 saturated carbocycles. The van der Waals surface area contributed by atoms with Crippen LogP contribution in [-0.4, -0.2) is 45.5 Å². The molecule has 0 radical (unpaired) electrons. The highest BCUT2D eigenvalue weighted by molar-refractivity contribution is 6.33. The maximum atomic E-state index is 14.2. The number of anilines is 1. The predicted octanol–water partition coefficient (Wildman–Crippen LogP) is 5.29. The quantitative estimate of drug-likeness (QED) is 0.270. The Bertz CT molecular complexity index is 1910.